The zero-order chi connectivity index (χ0) is 14.0. The van der Waals surface area contributed by atoms with E-state index in [2.05, 4.69) is 11.8 Å². The second kappa shape index (κ2) is 5.38. The van der Waals surface area contributed by atoms with Crippen LogP contribution < -0.4 is 4.90 Å². The summed E-state index contributed by atoms with van der Waals surface area (Å²) in [5.41, 5.74) is 0.991. The number of rotatable bonds is 3. The van der Waals surface area contributed by atoms with Crippen LogP contribution in [0.5, 0.6) is 0 Å². The molecular formula is C14H18N2O3. The lowest BCUT2D eigenvalue weighted by Gasteiger charge is -2.32. The van der Waals surface area contributed by atoms with E-state index in [1.165, 1.54) is 13.0 Å². The maximum Gasteiger partial charge on any atom is 0.280 e. The first-order valence-electron chi connectivity index (χ1n) is 6.53. The van der Waals surface area contributed by atoms with E-state index in [0.29, 0.717) is 0 Å². The predicted octanol–water partition coefficient (Wildman–Crippen LogP) is 3.03. The third-order valence-corrected chi connectivity index (χ3v) is 3.70. The van der Waals surface area contributed by atoms with Crippen molar-refractivity contribution in [2.45, 2.75) is 26.7 Å². The number of benzene rings is 1. The van der Waals surface area contributed by atoms with E-state index in [1.54, 1.807) is 12.1 Å². The summed E-state index contributed by atoms with van der Waals surface area (Å²) in [4.78, 5) is 24.1. The standard InChI is InChI=1S/C14H18N2O3/c1-10-5-7-15(8-6-10)12-3-4-14(16(18)19)13(9-12)11(2)17/h3-4,9-10H,5-8H2,1-2H3. The highest BCUT2D eigenvalue weighted by atomic mass is 16.6. The van der Waals surface area contributed by atoms with Gasteiger partial charge in [-0.1, -0.05) is 6.92 Å². The second-order valence-electron chi connectivity index (χ2n) is 5.18. The average molecular weight is 262 g/mol. The van der Waals surface area contributed by atoms with Crippen molar-refractivity contribution in [3.63, 3.8) is 0 Å². The van der Waals surface area contributed by atoms with Gasteiger partial charge in [-0.25, -0.2) is 0 Å². The molecule has 0 bridgehead atoms. The molecule has 0 radical (unpaired) electrons. The number of piperidine rings is 1. The van der Waals surface area contributed by atoms with Gasteiger partial charge in [0, 0.05) is 24.8 Å². The molecule has 0 unspecified atom stereocenters. The van der Waals surface area contributed by atoms with Crippen LogP contribution in [0.1, 0.15) is 37.0 Å². The van der Waals surface area contributed by atoms with Crippen LogP contribution in [-0.2, 0) is 0 Å². The first-order valence-corrected chi connectivity index (χ1v) is 6.53. The van der Waals surface area contributed by atoms with E-state index in [9.17, 15) is 14.9 Å². The topological polar surface area (TPSA) is 63.5 Å². The molecule has 0 aliphatic carbocycles. The Bertz CT molecular complexity index is 505. The van der Waals surface area contributed by atoms with Gasteiger partial charge in [0.05, 0.1) is 10.5 Å². The van der Waals surface area contributed by atoms with Crippen molar-refractivity contribution in [1.29, 1.82) is 0 Å². The molecule has 0 spiro atoms. The van der Waals surface area contributed by atoms with Gasteiger partial charge in [-0.3, -0.25) is 14.9 Å². The van der Waals surface area contributed by atoms with Crippen molar-refractivity contribution in [3.05, 3.63) is 33.9 Å². The lowest BCUT2D eigenvalue weighted by molar-refractivity contribution is -0.385. The van der Waals surface area contributed by atoms with Gasteiger partial charge in [-0.05, 0) is 37.8 Å². The molecule has 1 aromatic rings. The van der Waals surface area contributed by atoms with E-state index < -0.39 is 4.92 Å². The Morgan fingerprint density at radius 1 is 1.37 bits per heavy atom. The van der Waals surface area contributed by atoms with Crippen molar-refractivity contribution in [1.82, 2.24) is 0 Å². The largest absolute Gasteiger partial charge is 0.371 e. The Hall–Kier alpha value is -1.91. The van der Waals surface area contributed by atoms with Crippen LogP contribution in [0.4, 0.5) is 11.4 Å². The Morgan fingerprint density at radius 3 is 2.53 bits per heavy atom. The van der Waals surface area contributed by atoms with E-state index in [4.69, 9.17) is 0 Å². The quantitative estimate of drug-likeness (QED) is 0.477. The summed E-state index contributed by atoms with van der Waals surface area (Å²) in [5, 5.41) is 10.9. The molecule has 1 aromatic carbocycles. The zero-order valence-electron chi connectivity index (χ0n) is 11.3. The maximum absolute atomic E-state index is 11.5. The Kier molecular flexibility index (Phi) is 3.83. The highest BCUT2D eigenvalue weighted by molar-refractivity contribution is 5.99. The molecule has 1 aliphatic rings. The number of Topliss-reactive ketones (excluding diaryl/α,β-unsaturated/α-hetero) is 1. The molecule has 1 heterocycles. The van der Waals surface area contributed by atoms with Crippen LogP contribution in [0.15, 0.2) is 18.2 Å². The molecule has 0 amide bonds. The molecule has 0 atom stereocenters. The summed E-state index contributed by atoms with van der Waals surface area (Å²) in [6.07, 6.45) is 2.23. The van der Waals surface area contributed by atoms with Crippen LogP contribution in [0.25, 0.3) is 0 Å². The fourth-order valence-electron chi connectivity index (χ4n) is 2.43. The van der Waals surface area contributed by atoms with E-state index in [-0.39, 0.29) is 17.0 Å². The normalized spacial score (nSPS) is 16.4. The SMILES string of the molecule is CC(=O)c1cc(N2CCC(C)CC2)ccc1[N+](=O)[O-]. The molecule has 0 saturated carbocycles. The molecule has 102 valence electrons. The summed E-state index contributed by atoms with van der Waals surface area (Å²) in [5.74, 6) is 0.459. The van der Waals surface area contributed by atoms with Crippen LogP contribution in [-0.4, -0.2) is 23.8 Å². The molecule has 2 rings (SSSR count). The molecule has 19 heavy (non-hydrogen) atoms. The number of hydrogen-bond donors (Lipinski definition) is 0. The summed E-state index contributed by atoms with van der Waals surface area (Å²) in [7, 11) is 0. The molecule has 0 aromatic heterocycles. The van der Waals surface area contributed by atoms with E-state index >= 15 is 0 Å². The summed E-state index contributed by atoms with van der Waals surface area (Å²) in [6.45, 7) is 5.48. The number of carbonyl (C=O) groups excluding carboxylic acids is 1. The zero-order valence-corrected chi connectivity index (χ0v) is 11.3. The molecule has 1 fully saturated rings. The van der Waals surface area contributed by atoms with Gasteiger partial charge in [0.15, 0.2) is 5.78 Å². The van der Waals surface area contributed by atoms with Crippen molar-refractivity contribution in [2.75, 3.05) is 18.0 Å². The predicted molar refractivity (Wildman–Crippen MR) is 73.7 cm³/mol. The Morgan fingerprint density at radius 2 is 2.00 bits per heavy atom. The molecule has 5 heteroatoms. The van der Waals surface area contributed by atoms with Gasteiger partial charge in [0.1, 0.15) is 0 Å². The lowest BCUT2D eigenvalue weighted by Crippen LogP contribution is -2.32. The highest BCUT2D eigenvalue weighted by Crippen LogP contribution is 2.28. The van der Waals surface area contributed by atoms with Gasteiger partial charge in [0.25, 0.3) is 5.69 Å². The maximum atomic E-state index is 11.5. The molecule has 1 saturated heterocycles. The summed E-state index contributed by atoms with van der Waals surface area (Å²) >= 11 is 0. The highest BCUT2D eigenvalue weighted by Gasteiger charge is 2.21. The van der Waals surface area contributed by atoms with Crippen molar-refractivity contribution < 1.29 is 9.72 Å². The van der Waals surface area contributed by atoms with Gasteiger partial charge in [-0.15, -0.1) is 0 Å². The van der Waals surface area contributed by atoms with Crippen LogP contribution in [0, 0.1) is 16.0 Å². The number of nitro benzene ring substituents is 1. The lowest BCUT2D eigenvalue weighted by atomic mass is 9.98. The Labute approximate surface area is 112 Å². The number of nitrogens with zero attached hydrogens (tertiary/aromatic N) is 2. The molecule has 5 nitrogen and oxygen atoms in total. The minimum Gasteiger partial charge on any atom is -0.371 e. The van der Waals surface area contributed by atoms with Crippen LogP contribution >= 0.6 is 0 Å². The van der Waals surface area contributed by atoms with E-state index in [1.807, 2.05) is 0 Å². The molecular weight excluding hydrogens is 244 g/mol. The molecule has 1 aliphatic heterocycles. The van der Waals surface area contributed by atoms with Gasteiger partial charge >= 0.3 is 0 Å². The van der Waals surface area contributed by atoms with E-state index in [0.717, 1.165) is 37.5 Å². The van der Waals surface area contributed by atoms with Crippen molar-refractivity contribution >= 4 is 17.2 Å². The van der Waals surface area contributed by atoms with Gasteiger partial charge < -0.3 is 4.90 Å². The third kappa shape index (κ3) is 2.92. The van der Waals surface area contributed by atoms with Gasteiger partial charge in [0.2, 0.25) is 0 Å². The minimum absolute atomic E-state index is 0.110. The van der Waals surface area contributed by atoms with Gasteiger partial charge in [-0.2, -0.15) is 0 Å². The number of carbonyl (C=O) groups is 1. The molecule has 0 N–H and O–H groups in total. The van der Waals surface area contributed by atoms with Crippen molar-refractivity contribution in [3.8, 4) is 0 Å². The smallest absolute Gasteiger partial charge is 0.280 e. The number of nitro groups is 1. The van der Waals surface area contributed by atoms with Crippen molar-refractivity contribution in [2.24, 2.45) is 5.92 Å². The number of hydrogen-bond acceptors (Lipinski definition) is 4. The monoisotopic (exact) mass is 262 g/mol. The first kappa shape index (κ1) is 13.5. The minimum atomic E-state index is -0.501. The first-order chi connectivity index (χ1) is 8.99. The second-order valence-corrected chi connectivity index (χ2v) is 5.18. The summed E-state index contributed by atoms with van der Waals surface area (Å²) < 4.78 is 0. The number of ketones is 1. The third-order valence-electron chi connectivity index (χ3n) is 3.70. The average Bonchev–Trinajstić information content (AvgIpc) is 2.38. The fourth-order valence-corrected chi connectivity index (χ4v) is 2.43. The van der Waals surface area contributed by atoms with Crippen LogP contribution in [0.2, 0.25) is 0 Å². The Balaban J connectivity index is 2.30. The number of anilines is 1. The fraction of sp³-hybridized carbons (Fsp3) is 0.500. The van der Waals surface area contributed by atoms with Crippen LogP contribution in [0.3, 0.4) is 0 Å². The summed E-state index contributed by atoms with van der Waals surface area (Å²) in [6, 6.07) is 4.82.